The molecule has 4 heterocycles. The Morgan fingerprint density at radius 3 is 2.51 bits per heavy atom. The number of nitrogens with one attached hydrogen (secondary N) is 1. The SMILES string of the molecule is Cc1c(C(=O)Nc2ccc(C3=CCC(N4CCOCC4)CC3)nc2)cnn1-c1ccc(C(F)(F)F)nc1. The van der Waals surface area contributed by atoms with Gasteiger partial charge in [0.05, 0.1) is 60.1 Å². The summed E-state index contributed by atoms with van der Waals surface area (Å²) in [7, 11) is 0. The van der Waals surface area contributed by atoms with Gasteiger partial charge in [-0.3, -0.25) is 14.7 Å². The van der Waals surface area contributed by atoms with Crippen LogP contribution >= 0.6 is 0 Å². The molecule has 8 nitrogen and oxygen atoms in total. The van der Waals surface area contributed by atoms with E-state index in [1.165, 1.54) is 22.5 Å². The number of halogens is 3. The average Bonchev–Trinajstić information content (AvgIpc) is 3.30. The molecular formula is C26H27F3N6O2. The van der Waals surface area contributed by atoms with Crippen molar-refractivity contribution in [3.8, 4) is 5.69 Å². The lowest BCUT2D eigenvalue weighted by molar-refractivity contribution is -0.141. The van der Waals surface area contributed by atoms with Crippen molar-refractivity contribution in [1.29, 1.82) is 0 Å². The number of hydrogen-bond acceptors (Lipinski definition) is 6. The standard InChI is InChI=1S/C26H27F3N6O2/c1-17-22(16-32-35(17)21-7-9-24(31-15-21)26(27,28)29)25(36)33-19-4-8-23(30-14-19)18-2-5-20(6-3-18)34-10-12-37-13-11-34/h2,4,7-9,14-16,20H,3,5-6,10-13H2,1H3,(H,33,36). The molecule has 1 amide bonds. The van der Waals surface area contributed by atoms with Crippen molar-refractivity contribution in [2.45, 2.75) is 38.4 Å². The molecule has 3 aromatic heterocycles. The molecule has 2 aliphatic rings. The van der Waals surface area contributed by atoms with Crippen LogP contribution in [0.5, 0.6) is 0 Å². The van der Waals surface area contributed by atoms with Gasteiger partial charge in [-0.05, 0) is 56.0 Å². The van der Waals surface area contributed by atoms with E-state index in [4.69, 9.17) is 4.74 Å². The van der Waals surface area contributed by atoms with E-state index in [1.54, 1.807) is 13.1 Å². The molecule has 1 atom stereocenters. The van der Waals surface area contributed by atoms with Crippen molar-refractivity contribution in [3.63, 3.8) is 0 Å². The van der Waals surface area contributed by atoms with Crippen LogP contribution < -0.4 is 5.32 Å². The fourth-order valence-electron chi connectivity index (χ4n) is 4.76. The van der Waals surface area contributed by atoms with Crippen LogP contribution in [0, 0.1) is 6.92 Å². The third-order valence-electron chi connectivity index (χ3n) is 6.83. The summed E-state index contributed by atoms with van der Waals surface area (Å²) < 4.78 is 45.2. The summed E-state index contributed by atoms with van der Waals surface area (Å²) in [5, 5.41) is 6.97. The molecule has 0 radical (unpaired) electrons. The lowest BCUT2D eigenvalue weighted by atomic mass is 9.92. The highest BCUT2D eigenvalue weighted by atomic mass is 19.4. The third-order valence-corrected chi connectivity index (χ3v) is 6.83. The van der Waals surface area contributed by atoms with Gasteiger partial charge < -0.3 is 10.1 Å². The fraction of sp³-hybridized carbons (Fsp3) is 0.385. The molecule has 1 unspecified atom stereocenters. The number of nitrogens with zero attached hydrogens (tertiary/aromatic N) is 5. The number of amides is 1. The van der Waals surface area contributed by atoms with Gasteiger partial charge in [-0.1, -0.05) is 6.08 Å². The molecule has 0 saturated carbocycles. The first-order valence-corrected chi connectivity index (χ1v) is 12.2. The van der Waals surface area contributed by atoms with Crippen LogP contribution in [0.25, 0.3) is 11.3 Å². The highest BCUT2D eigenvalue weighted by molar-refractivity contribution is 6.04. The average molecular weight is 513 g/mol. The van der Waals surface area contributed by atoms with Crippen molar-refractivity contribution in [1.82, 2.24) is 24.6 Å². The minimum absolute atomic E-state index is 0.299. The van der Waals surface area contributed by atoms with Gasteiger partial charge in [-0.25, -0.2) is 9.67 Å². The minimum Gasteiger partial charge on any atom is -0.379 e. The maximum absolute atomic E-state index is 12.9. The summed E-state index contributed by atoms with van der Waals surface area (Å²) in [5.74, 6) is -0.386. The normalized spacial score (nSPS) is 18.9. The number of carbonyl (C=O) groups is 1. The molecule has 0 aromatic carbocycles. The molecule has 1 aliphatic heterocycles. The number of pyridine rings is 2. The van der Waals surface area contributed by atoms with E-state index in [9.17, 15) is 18.0 Å². The second kappa shape index (κ2) is 10.4. The molecule has 37 heavy (non-hydrogen) atoms. The first-order chi connectivity index (χ1) is 17.8. The molecule has 194 valence electrons. The van der Waals surface area contributed by atoms with E-state index < -0.39 is 11.9 Å². The van der Waals surface area contributed by atoms with Gasteiger partial charge >= 0.3 is 6.18 Å². The number of aromatic nitrogens is 4. The van der Waals surface area contributed by atoms with E-state index in [0.29, 0.717) is 28.7 Å². The monoisotopic (exact) mass is 512 g/mol. The van der Waals surface area contributed by atoms with Crippen LogP contribution in [-0.4, -0.2) is 62.9 Å². The minimum atomic E-state index is -4.52. The van der Waals surface area contributed by atoms with Crippen molar-refractivity contribution in [3.05, 3.63) is 71.6 Å². The van der Waals surface area contributed by atoms with Crippen LogP contribution in [-0.2, 0) is 10.9 Å². The van der Waals surface area contributed by atoms with Crippen LogP contribution in [0.2, 0.25) is 0 Å². The highest BCUT2D eigenvalue weighted by Gasteiger charge is 2.32. The molecule has 3 aromatic rings. The maximum Gasteiger partial charge on any atom is 0.433 e. The number of anilines is 1. The molecule has 5 rings (SSSR count). The molecule has 1 N–H and O–H groups in total. The number of alkyl halides is 3. The Morgan fingerprint density at radius 2 is 1.89 bits per heavy atom. The van der Waals surface area contributed by atoms with Gasteiger partial charge in [0, 0.05) is 19.1 Å². The van der Waals surface area contributed by atoms with E-state index in [2.05, 4.69) is 31.4 Å². The molecular weight excluding hydrogens is 485 g/mol. The Morgan fingerprint density at radius 1 is 1.08 bits per heavy atom. The smallest absolute Gasteiger partial charge is 0.379 e. The Kier molecular flexibility index (Phi) is 7.07. The van der Waals surface area contributed by atoms with Gasteiger partial charge in [0.25, 0.3) is 5.91 Å². The van der Waals surface area contributed by atoms with Crippen molar-refractivity contribution >= 4 is 17.2 Å². The number of hydrogen-bond donors (Lipinski definition) is 1. The Labute approximate surface area is 212 Å². The molecule has 0 spiro atoms. The third kappa shape index (κ3) is 5.57. The lowest BCUT2D eigenvalue weighted by Crippen LogP contribution is -2.43. The maximum atomic E-state index is 12.9. The molecule has 1 fully saturated rings. The quantitative estimate of drug-likeness (QED) is 0.542. The van der Waals surface area contributed by atoms with Crippen molar-refractivity contribution < 1.29 is 22.7 Å². The Bertz CT molecular complexity index is 1280. The van der Waals surface area contributed by atoms with E-state index >= 15 is 0 Å². The Balaban J connectivity index is 1.22. The molecule has 11 heteroatoms. The number of carbonyl (C=O) groups excluding carboxylic acids is 1. The predicted octanol–water partition coefficient (Wildman–Crippen LogP) is 4.51. The van der Waals surface area contributed by atoms with Crippen LogP contribution in [0.4, 0.5) is 18.9 Å². The van der Waals surface area contributed by atoms with Crippen molar-refractivity contribution in [2.75, 3.05) is 31.6 Å². The summed E-state index contributed by atoms with van der Waals surface area (Å²) in [6, 6.07) is 6.42. The van der Waals surface area contributed by atoms with E-state index in [-0.39, 0.29) is 5.91 Å². The number of ether oxygens (including phenoxy) is 1. The summed E-state index contributed by atoms with van der Waals surface area (Å²) in [6.45, 7) is 5.24. The summed E-state index contributed by atoms with van der Waals surface area (Å²) in [5.41, 5.74) is 2.77. The predicted molar refractivity (Wildman–Crippen MR) is 131 cm³/mol. The largest absolute Gasteiger partial charge is 0.433 e. The lowest BCUT2D eigenvalue weighted by Gasteiger charge is -2.36. The summed E-state index contributed by atoms with van der Waals surface area (Å²) in [6.07, 6.45) is 4.86. The van der Waals surface area contributed by atoms with Crippen LogP contribution in [0.1, 0.15) is 46.7 Å². The zero-order valence-electron chi connectivity index (χ0n) is 20.3. The van der Waals surface area contributed by atoms with Gasteiger partial charge in [-0.2, -0.15) is 18.3 Å². The number of allylic oxidation sites excluding steroid dienone is 1. The van der Waals surface area contributed by atoms with Crippen LogP contribution in [0.3, 0.4) is 0 Å². The Hall–Kier alpha value is -3.57. The second-order valence-electron chi connectivity index (χ2n) is 9.15. The van der Waals surface area contributed by atoms with Gasteiger partial charge in [-0.15, -0.1) is 0 Å². The number of rotatable bonds is 5. The van der Waals surface area contributed by atoms with Gasteiger partial charge in [0.2, 0.25) is 0 Å². The van der Waals surface area contributed by atoms with Gasteiger partial charge in [0.15, 0.2) is 0 Å². The van der Waals surface area contributed by atoms with E-state index in [0.717, 1.165) is 63.5 Å². The zero-order valence-corrected chi connectivity index (χ0v) is 20.3. The van der Waals surface area contributed by atoms with Gasteiger partial charge in [0.1, 0.15) is 5.69 Å². The van der Waals surface area contributed by atoms with Crippen LogP contribution in [0.15, 0.2) is 48.9 Å². The zero-order chi connectivity index (χ0) is 26.0. The second-order valence-corrected chi connectivity index (χ2v) is 9.15. The summed E-state index contributed by atoms with van der Waals surface area (Å²) in [4.78, 5) is 23.4. The molecule has 1 saturated heterocycles. The topological polar surface area (TPSA) is 85.2 Å². The van der Waals surface area contributed by atoms with Crippen molar-refractivity contribution in [2.24, 2.45) is 0 Å². The fourth-order valence-corrected chi connectivity index (χ4v) is 4.76. The highest BCUT2D eigenvalue weighted by Crippen LogP contribution is 2.30. The summed E-state index contributed by atoms with van der Waals surface area (Å²) >= 11 is 0. The number of morpholine rings is 1. The molecule has 0 bridgehead atoms. The molecule has 1 aliphatic carbocycles. The van der Waals surface area contributed by atoms with E-state index in [1.807, 2.05) is 12.1 Å². The first kappa shape index (κ1) is 25.1. The first-order valence-electron chi connectivity index (χ1n) is 12.2.